The van der Waals surface area contributed by atoms with Crippen molar-refractivity contribution in [3.63, 3.8) is 0 Å². The van der Waals surface area contributed by atoms with Gasteiger partial charge in [0.1, 0.15) is 0 Å². The Kier molecular flexibility index (Phi) is 5.28. The maximum Gasteiger partial charge on any atom is 0.339 e. The number of nitrogens with zero attached hydrogens (tertiary/aromatic N) is 1. The molecule has 2 heterocycles. The molecule has 0 bridgehead atoms. The number of hydrogen-bond acceptors (Lipinski definition) is 4. The number of rotatable bonds is 4. The van der Waals surface area contributed by atoms with E-state index in [0.29, 0.717) is 17.0 Å². The summed E-state index contributed by atoms with van der Waals surface area (Å²) in [6, 6.07) is 15.3. The zero-order chi connectivity index (χ0) is 23.2. The molecule has 0 spiro atoms. The second-order valence-electron chi connectivity index (χ2n) is 9.98. The standard InChI is InChI=1S/C28H28N2O3/c1-28(2,3)17-12-13-24-20(14-17)26(19-9-5-7-11-23(19)30-24)27(32)33-16-25(31)21-15-29-22-10-6-4-8-18(21)22/h4-11,15,17,29H,12-14,16H2,1-3H3/t17-/m0/s1. The number of ether oxygens (including phenoxy) is 1. The van der Waals surface area contributed by atoms with Gasteiger partial charge >= 0.3 is 5.97 Å². The van der Waals surface area contributed by atoms with Crippen molar-refractivity contribution in [3.8, 4) is 0 Å². The molecule has 5 heteroatoms. The fourth-order valence-electron chi connectivity index (χ4n) is 4.94. The maximum absolute atomic E-state index is 13.4. The minimum absolute atomic E-state index is 0.135. The van der Waals surface area contributed by atoms with Gasteiger partial charge in [-0.1, -0.05) is 57.2 Å². The molecular formula is C28H28N2O3. The van der Waals surface area contributed by atoms with E-state index in [1.807, 2.05) is 48.5 Å². The number of aryl methyl sites for hydroxylation is 1. The summed E-state index contributed by atoms with van der Waals surface area (Å²) in [4.78, 5) is 34.3. The van der Waals surface area contributed by atoms with Gasteiger partial charge < -0.3 is 9.72 Å². The van der Waals surface area contributed by atoms with Gasteiger partial charge in [0.05, 0.1) is 11.1 Å². The molecule has 2 aromatic carbocycles. The number of para-hydroxylation sites is 2. The Morgan fingerprint density at radius 3 is 2.58 bits per heavy atom. The Morgan fingerprint density at radius 2 is 1.79 bits per heavy atom. The molecule has 0 aliphatic heterocycles. The minimum atomic E-state index is -0.451. The van der Waals surface area contributed by atoms with Gasteiger partial charge in [-0.2, -0.15) is 0 Å². The Bertz CT molecular complexity index is 1380. The molecule has 0 radical (unpaired) electrons. The number of benzene rings is 2. The third-order valence-electron chi connectivity index (χ3n) is 6.91. The third-order valence-corrected chi connectivity index (χ3v) is 6.91. The van der Waals surface area contributed by atoms with E-state index in [4.69, 9.17) is 9.72 Å². The van der Waals surface area contributed by atoms with Gasteiger partial charge in [0.25, 0.3) is 0 Å². The van der Waals surface area contributed by atoms with E-state index in [9.17, 15) is 9.59 Å². The highest BCUT2D eigenvalue weighted by atomic mass is 16.5. The molecule has 0 unspecified atom stereocenters. The summed E-state index contributed by atoms with van der Waals surface area (Å²) in [5, 5.41) is 1.62. The number of ketones is 1. The summed E-state index contributed by atoms with van der Waals surface area (Å²) in [5.74, 6) is -0.222. The van der Waals surface area contributed by atoms with Crippen LogP contribution in [-0.4, -0.2) is 28.3 Å². The van der Waals surface area contributed by atoms with Gasteiger partial charge in [0.2, 0.25) is 5.78 Å². The van der Waals surface area contributed by atoms with E-state index in [1.54, 1.807) is 6.20 Å². The highest BCUT2D eigenvalue weighted by Gasteiger charge is 2.33. The van der Waals surface area contributed by atoms with Crippen molar-refractivity contribution in [3.05, 3.63) is 77.1 Å². The van der Waals surface area contributed by atoms with Crippen LogP contribution >= 0.6 is 0 Å². The molecule has 5 nitrogen and oxygen atoms in total. The smallest absolute Gasteiger partial charge is 0.339 e. The van der Waals surface area contributed by atoms with Crippen molar-refractivity contribution in [1.29, 1.82) is 0 Å². The lowest BCUT2D eigenvalue weighted by molar-refractivity contribution is 0.0474. The van der Waals surface area contributed by atoms with E-state index >= 15 is 0 Å². The quantitative estimate of drug-likeness (QED) is 0.316. The van der Waals surface area contributed by atoms with E-state index in [0.717, 1.165) is 52.3 Å². The van der Waals surface area contributed by atoms with Crippen molar-refractivity contribution in [2.24, 2.45) is 11.3 Å². The number of carbonyl (C=O) groups excluding carboxylic acids is 2. The fraction of sp³-hybridized carbons (Fsp3) is 0.321. The van der Waals surface area contributed by atoms with E-state index in [-0.39, 0.29) is 17.8 Å². The van der Waals surface area contributed by atoms with Crippen LogP contribution in [-0.2, 0) is 17.6 Å². The molecular weight excluding hydrogens is 412 g/mol. The summed E-state index contributed by atoms with van der Waals surface area (Å²) >= 11 is 0. The fourth-order valence-corrected chi connectivity index (χ4v) is 4.94. The zero-order valence-electron chi connectivity index (χ0n) is 19.3. The topological polar surface area (TPSA) is 72.0 Å². The molecule has 0 saturated heterocycles. The minimum Gasteiger partial charge on any atom is -0.454 e. The van der Waals surface area contributed by atoms with Crippen LogP contribution in [0, 0.1) is 11.3 Å². The molecule has 1 atom stereocenters. The van der Waals surface area contributed by atoms with E-state index in [2.05, 4.69) is 25.8 Å². The van der Waals surface area contributed by atoms with Gasteiger partial charge in [0, 0.05) is 33.7 Å². The Labute approximate surface area is 193 Å². The maximum atomic E-state index is 13.4. The van der Waals surface area contributed by atoms with Crippen molar-refractivity contribution < 1.29 is 14.3 Å². The van der Waals surface area contributed by atoms with Gasteiger partial charge in [-0.3, -0.25) is 9.78 Å². The number of hydrogen-bond donors (Lipinski definition) is 1. The van der Waals surface area contributed by atoms with Crippen molar-refractivity contribution in [2.75, 3.05) is 6.61 Å². The molecule has 0 fully saturated rings. The van der Waals surface area contributed by atoms with E-state index < -0.39 is 5.97 Å². The lowest BCUT2D eigenvalue weighted by Crippen LogP contribution is -2.29. The molecule has 2 aromatic heterocycles. The molecule has 168 valence electrons. The Morgan fingerprint density at radius 1 is 1.06 bits per heavy atom. The number of aromatic nitrogens is 2. The van der Waals surface area contributed by atoms with Crippen LogP contribution in [0.25, 0.3) is 21.8 Å². The van der Waals surface area contributed by atoms with Crippen LogP contribution in [0.4, 0.5) is 0 Å². The van der Waals surface area contributed by atoms with Crippen LogP contribution in [0.2, 0.25) is 0 Å². The summed E-state index contributed by atoms with van der Waals surface area (Å²) in [7, 11) is 0. The number of Topliss-reactive ketones (excluding diaryl/α,β-unsaturated/α-hetero) is 1. The zero-order valence-corrected chi connectivity index (χ0v) is 19.3. The van der Waals surface area contributed by atoms with Gasteiger partial charge in [-0.05, 0) is 48.3 Å². The number of H-pyrrole nitrogens is 1. The predicted molar refractivity (Wildman–Crippen MR) is 130 cm³/mol. The first kappa shape index (κ1) is 21.4. The molecule has 1 N–H and O–H groups in total. The Balaban J connectivity index is 1.47. The summed E-state index contributed by atoms with van der Waals surface area (Å²) in [5.41, 5.74) is 4.86. The average Bonchev–Trinajstić information content (AvgIpc) is 3.24. The second kappa shape index (κ2) is 8.14. The highest BCUT2D eigenvalue weighted by Crippen LogP contribution is 2.39. The SMILES string of the molecule is CC(C)(C)[C@H]1CCc2nc3ccccc3c(C(=O)OCC(=O)c3c[nH]c4ccccc34)c2C1. The van der Waals surface area contributed by atoms with Crippen LogP contribution in [0.1, 0.15) is 59.2 Å². The van der Waals surface area contributed by atoms with Crippen molar-refractivity contribution in [2.45, 2.75) is 40.0 Å². The monoisotopic (exact) mass is 440 g/mol. The van der Waals surface area contributed by atoms with Crippen LogP contribution in [0.5, 0.6) is 0 Å². The molecule has 1 aliphatic rings. The number of aromatic amines is 1. The normalized spacial score (nSPS) is 16.0. The second-order valence-corrected chi connectivity index (χ2v) is 9.98. The first-order valence-electron chi connectivity index (χ1n) is 11.5. The molecule has 1 aliphatic carbocycles. The Hall–Kier alpha value is -3.47. The number of fused-ring (bicyclic) bond motifs is 3. The summed E-state index contributed by atoms with van der Waals surface area (Å²) in [6.45, 7) is 6.44. The molecule has 0 saturated carbocycles. The lowest BCUT2D eigenvalue weighted by atomic mass is 9.70. The van der Waals surface area contributed by atoms with Crippen LogP contribution in [0.3, 0.4) is 0 Å². The highest BCUT2D eigenvalue weighted by molar-refractivity contribution is 6.10. The number of carbonyl (C=O) groups is 2. The lowest BCUT2D eigenvalue weighted by Gasteiger charge is -2.35. The average molecular weight is 441 g/mol. The predicted octanol–water partition coefficient (Wildman–Crippen LogP) is 5.91. The molecule has 4 aromatic rings. The van der Waals surface area contributed by atoms with Gasteiger partial charge in [-0.15, -0.1) is 0 Å². The number of pyridine rings is 1. The van der Waals surface area contributed by atoms with Gasteiger partial charge in [0.15, 0.2) is 6.61 Å². The number of nitrogens with one attached hydrogen (secondary N) is 1. The van der Waals surface area contributed by atoms with Gasteiger partial charge in [-0.25, -0.2) is 4.79 Å². The third kappa shape index (κ3) is 3.92. The van der Waals surface area contributed by atoms with Crippen LogP contribution < -0.4 is 0 Å². The summed E-state index contributed by atoms with van der Waals surface area (Å²) < 4.78 is 5.63. The first-order valence-corrected chi connectivity index (χ1v) is 11.5. The largest absolute Gasteiger partial charge is 0.454 e. The van der Waals surface area contributed by atoms with E-state index in [1.165, 1.54) is 0 Å². The number of esters is 1. The molecule has 0 amide bonds. The van der Waals surface area contributed by atoms with Crippen LogP contribution in [0.15, 0.2) is 54.7 Å². The summed E-state index contributed by atoms with van der Waals surface area (Å²) in [6.07, 6.45) is 4.36. The first-order chi connectivity index (χ1) is 15.8. The van der Waals surface area contributed by atoms with Crippen molar-refractivity contribution >= 4 is 33.6 Å². The molecule has 33 heavy (non-hydrogen) atoms. The molecule has 5 rings (SSSR count). The van der Waals surface area contributed by atoms with Crippen molar-refractivity contribution in [1.82, 2.24) is 9.97 Å².